The van der Waals surface area contributed by atoms with Crippen molar-refractivity contribution in [3.63, 3.8) is 0 Å². The molecule has 1 atom stereocenters. The Bertz CT molecular complexity index is 270. The van der Waals surface area contributed by atoms with Gasteiger partial charge < -0.3 is 9.67 Å². The molecular weight excluding hydrogens is 194 g/mol. The smallest absolute Gasteiger partial charge is 0.0827 e. The SMILES string of the molecule is CSCCn1ccc(C(O)C(C)C)c1. The monoisotopic (exact) mass is 213 g/mol. The molecule has 0 saturated heterocycles. The molecule has 1 aromatic heterocycles. The van der Waals surface area contributed by atoms with E-state index in [-0.39, 0.29) is 12.0 Å². The average Bonchev–Trinajstić information content (AvgIpc) is 2.61. The van der Waals surface area contributed by atoms with Gasteiger partial charge in [-0.05, 0) is 23.8 Å². The van der Waals surface area contributed by atoms with Gasteiger partial charge in [0.15, 0.2) is 0 Å². The van der Waals surface area contributed by atoms with Crippen LogP contribution in [0.2, 0.25) is 0 Å². The van der Waals surface area contributed by atoms with Gasteiger partial charge >= 0.3 is 0 Å². The molecule has 0 bridgehead atoms. The van der Waals surface area contributed by atoms with Crippen molar-refractivity contribution in [2.75, 3.05) is 12.0 Å². The van der Waals surface area contributed by atoms with E-state index < -0.39 is 0 Å². The summed E-state index contributed by atoms with van der Waals surface area (Å²) in [6.07, 6.45) is 5.86. The van der Waals surface area contributed by atoms with Gasteiger partial charge in [0.2, 0.25) is 0 Å². The molecule has 1 N–H and O–H groups in total. The lowest BCUT2D eigenvalue weighted by Crippen LogP contribution is -2.04. The fourth-order valence-electron chi connectivity index (χ4n) is 1.35. The largest absolute Gasteiger partial charge is 0.388 e. The van der Waals surface area contributed by atoms with E-state index in [1.807, 2.05) is 44.1 Å². The van der Waals surface area contributed by atoms with Gasteiger partial charge in [-0.15, -0.1) is 0 Å². The highest BCUT2D eigenvalue weighted by Crippen LogP contribution is 2.21. The zero-order valence-corrected chi connectivity index (χ0v) is 9.92. The summed E-state index contributed by atoms with van der Waals surface area (Å²) < 4.78 is 2.14. The standard InChI is InChI=1S/C11H19NOS/c1-9(2)11(13)10-4-5-12(8-10)6-7-14-3/h4-5,8-9,11,13H,6-7H2,1-3H3. The maximum atomic E-state index is 9.82. The first-order chi connectivity index (χ1) is 6.65. The zero-order valence-electron chi connectivity index (χ0n) is 9.10. The number of rotatable bonds is 5. The minimum atomic E-state index is -0.328. The normalized spacial score (nSPS) is 13.5. The Morgan fingerprint density at radius 2 is 2.21 bits per heavy atom. The minimum absolute atomic E-state index is 0.284. The summed E-state index contributed by atoms with van der Waals surface area (Å²) in [6, 6.07) is 2.00. The highest BCUT2D eigenvalue weighted by atomic mass is 32.2. The van der Waals surface area contributed by atoms with E-state index >= 15 is 0 Å². The zero-order chi connectivity index (χ0) is 10.6. The van der Waals surface area contributed by atoms with Crippen molar-refractivity contribution >= 4 is 11.8 Å². The van der Waals surface area contributed by atoms with E-state index in [4.69, 9.17) is 0 Å². The van der Waals surface area contributed by atoms with Crippen LogP contribution < -0.4 is 0 Å². The van der Waals surface area contributed by atoms with E-state index in [0.29, 0.717) is 0 Å². The van der Waals surface area contributed by atoms with Gasteiger partial charge in [0.05, 0.1) is 6.10 Å². The van der Waals surface area contributed by atoms with Crippen LogP contribution in [0.1, 0.15) is 25.5 Å². The average molecular weight is 213 g/mol. The van der Waals surface area contributed by atoms with Crippen LogP contribution in [0.4, 0.5) is 0 Å². The van der Waals surface area contributed by atoms with Gasteiger partial charge in [0.25, 0.3) is 0 Å². The lowest BCUT2D eigenvalue weighted by atomic mass is 10.0. The lowest BCUT2D eigenvalue weighted by molar-refractivity contribution is 0.127. The second kappa shape index (κ2) is 5.47. The maximum Gasteiger partial charge on any atom is 0.0827 e. The topological polar surface area (TPSA) is 25.2 Å². The van der Waals surface area contributed by atoms with Crippen LogP contribution in [0.25, 0.3) is 0 Å². The van der Waals surface area contributed by atoms with Crippen LogP contribution in [0.3, 0.4) is 0 Å². The van der Waals surface area contributed by atoms with Gasteiger partial charge in [0, 0.05) is 24.7 Å². The molecule has 0 spiro atoms. The summed E-state index contributed by atoms with van der Waals surface area (Å²) in [4.78, 5) is 0. The predicted octanol–water partition coefficient (Wildman–Crippen LogP) is 2.54. The van der Waals surface area contributed by atoms with E-state index in [2.05, 4.69) is 10.8 Å². The van der Waals surface area contributed by atoms with Crippen LogP contribution in [-0.2, 0) is 6.54 Å². The third kappa shape index (κ3) is 3.07. The van der Waals surface area contributed by atoms with Crippen molar-refractivity contribution in [1.82, 2.24) is 4.57 Å². The number of nitrogens with zero attached hydrogens (tertiary/aromatic N) is 1. The molecule has 1 heterocycles. The molecule has 1 unspecified atom stereocenters. The second-order valence-corrected chi connectivity index (χ2v) is 4.85. The molecule has 14 heavy (non-hydrogen) atoms. The molecule has 0 aliphatic heterocycles. The molecule has 0 fully saturated rings. The van der Waals surface area contributed by atoms with Crippen molar-refractivity contribution in [2.45, 2.75) is 26.5 Å². The maximum absolute atomic E-state index is 9.82. The first-order valence-corrected chi connectivity index (χ1v) is 6.37. The van der Waals surface area contributed by atoms with Crippen LogP contribution in [-0.4, -0.2) is 21.7 Å². The minimum Gasteiger partial charge on any atom is -0.388 e. The molecule has 1 aromatic rings. The summed E-state index contributed by atoms with van der Waals surface area (Å²) in [5.41, 5.74) is 1.03. The van der Waals surface area contributed by atoms with Gasteiger partial charge in [-0.25, -0.2) is 0 Å². The molecule has 3 heteroatoms. The van der Waals surface area contributed by atoms with Crippen LogP contribution >= 0.6 is 11.8 Å². The highest BCUT2D eigenvalue weighted by Gasteiger charge is 2.12. The van der Waals surface area contributed by atoms with Crippen molar-refractivity contribution in [3.8, 4) is 0 Å². The molecule has 0 aliphatic rings. The number of thioether (sulfide) groups is 1. The predicted molar refractivity (Wildman–Crippen MR) is 62.6 cm³/mol. The molecule has 0 saturated carbocycles. The van der Waals surface area contributed by atoms with E-state index in [0.717, 1.165) is 17.9 Å². The molecule has 1 rings (SSSR count). The van der Waals surface area contributed by atoms with Crippen molar-refractivity contribution in [2.24, 2.45) is 5.92 Å². The van der Waals surface area contributed by atoms with Crippen molar-refractivity contribution < 1.29 is 5.11 Å². The summed E-state index contributed by atoms with van der Waals surface area (Å²) >= 11 is 1.84. The summed E-state index contributed by atoms with van der Waals surface area (Å²) in [5.74, 6) is 1.40. The number of aryl methyl sites for hydroxylation is 1. The van der Waals surface area contributed by atoms with Crippen LogP contribution in [0.5, 0.6) is 0 Å². The Kier molecular flexibility index (Phi) is 4.55. The first kappa shape index (κ1) is 11.7. The molecular formula is C11H19NOS. The second-order valence-electron chi connectivity index (χ2n) is 3.86. The Balaban J connectivity index is 2.58. The van der Waals surface area contributed by atoms with Gasteiger partial charge in [-0.3, -0.25) is 0 Å². The number of aliphatic hydroxyl groups excluding tert-OH is 1. The quantitative estimate of drug-likeness (QED) is 0.813. The fraction of sp³-hybridized carbons (Fsp3) is 0.636. The van der Waals surface area contributed by atoms with Crippen LogP contribution in [0, 0.1) is 5.92 Å². The summed E-state index contributed by atoms with van der Waals surface area (Å²) in [6.45, 7) is 5.08. The third-order valence-corrected chi connectivity index (χ3v) is 2.89. The number of hydrogen-bond acceptors (Lipinski definition) is 2. The highest BCUT2D eigenvalue weighted by molar-refractivity contribution is 7.98. The Labute approximate surface area is 90.3 Å². The van der Waals surface area contributed by atoms with Crippen molar-refractivity contribution in [1.29, 1.82) is 0 Å². The molecule has 2 nitrogen and oxygen atoms in total. The summed E-state index contributed by atoms with van der Waals surface area (Å²) in [5, 5.41) is 9.82. The van der Waals surface area contributed by atoms with E-state index in [1.165, 1.54) is 0 Å². The lowest BCUT2D eigenvalue weighted by Gasteiger charge is -2.12. The molecule has 0 aromatic carbocycles. The first-order valence-electron chi connectivity index (χ1n) is 4.98. The molecule has 0 radical (unpaired) electrons. The van der Waals surface area contributed by atoms with Gasteiger partial charge in [-0.1, -0.05) is 13.8 Å². The van der Waals surface area contributed by atoms with E-state index in [9.17, 15) is 5.11 Å². The van der Waals surface area contributed by atoms with E-state index in [1.54, 1.807) is 0 Å². The number of aromatic nitrogens is 1. The summed E-state index contributed by atoms with van der Waals surface area (Å²) in [7, 11) is 0. The van der Waals surface area contributed by atoms with Crippen LogP contribution in [0.15, 0.2) is 18.5 Å². The number of aliphatic hydroxyl groups is 1. The van der Waals surface area contributed by atoms with Crippen molar-refractivity contribution in [3.05, 3.63) is 24.0 Å². The molecule has 0 amide bonds. The fourth-order valence-corrected chi connectivity index (χ4v) is 1.75. The van der Waals surface area contributed by atoms with Gasteiger partial charge in [-0.2, -0.15) is 11.8 Å². The third-order valence-electron chi connectivity index (χ3n) is 2.30. The molecule has 80 valence electrons. The van der Waals surface area contributed by atoms with Gasteiger partial charge in [0.1, 0.15) is 0 Å². The number of hydrogen-bond donors (Lipinski definition) is 1. The Morgan fingerprint density at radius 3 is 2.79 bits per heavy atom. The Morgan fingerprint density at radius 1 is 1.50 bits per heavy atom. The molecule has 0 aliphatic carbocycles. The Hall–Kier alpha value is -0.410.